The van der Waals surface area contributed by atoms with Crippen molar-refractivity contribution in [3.05, 3.63) is 0 Å². The lowest BCUT2D eigenvalue weighted by molar-refractivity contribution is -0.148. The number of urea groups is 1. The normalized spacial score (nSPS) is 21.6. The van der Waals surface area contributed by atoms with Crippen molar-refractivity contribution in [2.75, 3.05) is 26.2 Å². The molecule has 0 aromatic heterocycles. The number of amides is 2. The summed E-state index contributed by atoms with van der Waals surface area (Å²) in [5.41, 5.74) is -0.835. The van der Waals surface area contributed by atoms with Crippen LogP contribution in [0.25, 0.3) is 0 Å². The number of ether oxygens (including phenoxy) is 1. The standard InChI is InChI=1S/C13H22N2O5/c1-3-13(11(17)18)6-8-15(9-13)12(19)14-7-5-10(16)20-4-2/h3-9H2,1-2H3,(H,14,19)(H,17,18). The number of hydrogen-bond acceptors (Lipinski definition) is 4. The first-order valence-corrected chi connectivity index (χ1v) is 6.87. The summed E-state index contributed by atoms with van der Waals surface area (Å²) in [4.78, 5) is 35.8. The van der Waals surface area contributed by atoms with Crippen LogP contribution in [-0.4, -0.2) is 54.2 Å². The van der Waals surface area contributed by atoms with Gasteiger partial charge in [0.2, 0.25) is 0 Å². The third-order valence-corrected chi connectivity index (χ3v) is 3.68. The number of carbonyl (C=O) groups is 3. The number of carboxylic acid groups (broad SMARTS) is 1. The van der Waals surface area contributed by atoms with Gasteiger partial charge < -0.3 is 20.1 Å². The van der Waals surface area contributed by atoms with Crippen LogP contribution in [0.3, 0.4) is 0 Å². The van der Waals surface area contributed by atoms with E-state index in [0.717, 1.165) is 0 Å². The van der Waals surface area contributed by atoms with Gasteiger partial charge in [-0.1, -0.05) is 6.92 Å². The Kier molecular flexibility index (Phi) is 5.79. The molecule has 0 aromatic carbocycles. The maximum atomic E-state index is 11.9. The first-order chi connectivity index (χ1) is 9.45. The highest BCUT2D eigenvalue weighted by atomic mass is 16.5. The zero-order chi connectivity index (χ0) is 15.2. The molecule has 7 heteroatoms. The quantitative estimate of drug-likeness (QED) is 0.705. The van der Waals surface area contributed by atoms with E-state index in [-0.39, 0.29) is 31.5 Å². The fourth-order valence-electron chi connectivity index (χ4n) is 2.28. The van der Waals surface area contributed by atoms with Crippen molar-refractivity contribution >= 4 is 18.0 Å². The Hall–Kier alpha value is -1.79. The number of carboxylic acids is 1. The Morgan fingerprint density at radius 3 is 2.55 bits per heavy atom. The smallest absolute Gasteiger partial charge is 0.317 e. The number of nitrogens with zero attached hydrogens (tertiary/aromatic N) is 1. The Labute approximate surface area is 118 Å². The molecule has 2 N–H and O–H groups in total. The molecule has 1 saturated heterocycles. The van der Waals surface area contributed by atoms with Crippen LogP contribution in [-0.2, 0) is 14.3 Å². The van der Waals surface area contributed by atoms with Crippen molar-refractivity contribution in [1.29, 1.82) is 0 Å². The monoisotopic (exact) mass is 286 g/mol. The molecule has 0 bridgehead atoms. The molecule has 1 heterocycles. The highest BCUT2D eigenvalue weighted by Gasteiger charge is 2.44. The summed E-state index contributed by atoms with van der Waals surface area (Å²) in [6.45, 7) is 4.68. The molecule has 0 radical (unpaired) electrons. The average molecular weight is 286 g/mol. The number of hydrogen-bond donors (Lipinski definition) is 2. The molecule has 0 spiro atoms. The molecule has 0 aliphatic carbocycles. The van der Waals surface area contributed by atoms with Gasteiger partial charge in [-0.25, -0.2) is 4.79 Å². The minimum atomic E-state index is -0.859. The number of likely N-dealkylation sites (tertiary alicyclic amines) is 1. The molecule has 0 aromatic rings. The molecular formula is C13H22N2O5. The fraction of sp³-hybridized carbons (Fsp3) is 0.769. The zero-order valence-electron chi connectivity index (χ0n) is 12.0. The van der Waals surface area contributed by atoms with Gasteiger partial charge in [0.25, 0.3) is 0 Å². The molecule has 0 saturated carbocycles. The molecule has 7 nitrogen and oxygen atoms in total. The molecule has 1 rings (SSSR count). The summed E-state index contributed by atoms with van der Waals surface area (Å²) in [5.74, 6) is -1.22. The van der Waals surface area contributed by atoms with Crippen LogP contribution >= 0.6 is 0 Å². The predicted octanol–water partition coefficient (Wildman–Crippen LogP) is 0.836. The van der Waals surface area contributed by atoms with Crippen molar-refractivity contribution < 1.29 is 24.2 Å². The van der Waals surface area contributed by atoms with Crippen LogP contribution in [0.4, 0.5) is 4.79 Å². The number of aliphatic carboxylic acids is 1. The molecule has 114 valence electrons. The van der Waals surface area contributed by atoms with E-state index in [0.29, 0.717) is 26.0 Å². The van der Waals surface area contributed by atoms with E-state index in [1.165, 1.54) is 4.90 Å². The van der Waals surface area contributed by atoms with Gasteiger partial charge in [-0.2, -0.15) is 0 Å². The largest absolute Gasteiger partial charge is 0.481 e. The summed E-state index contributed by atoms with van der Waals surface area (Å²) in [7, 11) is 0. The Morgan fingerprint density at radius 2 is 2.05 bits per heavy atom. The molecule has 1 aliphatic rings. The molecule has 1 atom stereocenters. The van der Waals surface area contributed by atoms with E-state index in [1.54, 1.807) is 6.92 Å². The summed E-state index contributed by atoms with van der Waals surface area (Å²) >= 11 is 0. The van der Waals surface area contributed by atoms with E-state index < -0.39 is 11.4 Å². The highest BCUT2D eigenvalue weighted by molar-refractivity contribution is 5.80. The van der Waals surface area contributed by atoms with E-state index in [4.69, 9.17) is 4.74 Å². The number of esters is 1. The van der Waals surface area contributed by atoms with Crippen LogP contribution in [0.5, 0.6) is 0 Å². The average Bonchev–Trinajstić information content (AvgIpc) is 2.84. The summed E-state index contributed by atoms with van der Waals surface area (Å²) in [6, 6.07) is -0.328. The van der Waals surface area contributed by atoms with Gasteiger partial charge >= 0.3 is 18.0 Å². The van der Waals surface area contributed by atoms with Crippen LogP contribution in [0.1, 0.15) is 33.1 Å². The molecule has 1 unspecified atom stereocenters. The number of nitrogens with one attached hydrogen (secondary N) is 1. The van der Waals surface area contributed by atoms with E-state index >= 15 is 0 Å². The van der Waals surface area contributed by atoms with Gasteiger partial charge in [0, 0.05) is 19.6 Å². The zero-order valence-corrected chi connectivity index (χ0v) is 12.0. The van der Waals surface area contributed by atoms with Crippen molar-refractivity contribution in [3.8, 4) is 0 Å². The topological polar surface area (TPSA) is 95.9 Å². The SMILES string of the molecule is CCOC(=O)CCNC(=O)N1CCC(CC)(C(=O)O)C1. The van der Waals surface area contributed by atoms with Crippen molar-refractivity contribution in [2.45, 2.75) is 33.1 Å². The fourth-order valence-corrected chi connectivity index (χ4v) is 2.28. The summed E-state index contributed by atoms with van der Waals surface area (Å²) in [5, 5.41) is 11.9. The maximum Gasteiger partial charge on any atom is 0.317 e. The van der Waals surface area contributed by atoms with Crippen LogP contribution in [0.15, 0.2) is 0 Å². The first-order valence-electron chi connectivity index (χ1n) is 6.87. The second-order valence-electron chi connectivity index (χ2n) is 4.90. The Bertz CT molecular complexity index is 385. The van der Waals surface area contributed by atoms with Gasteiger partial charge in [-0.05, 0) is 19.8 Å². The highest BCUT2D eigenvalue weighted by Crippen LogP contribution is 2.34. The van der Waals surface area contributed by atoms with E-state index in [1.807, 2.05) is 6.92 Å². The minimum Gasteiger partial charge on any atom is -0.481 e. The third-order valence-electron chi connectivity index (χ3n) is 3.68. The molecule has 1 fully saturated rings. The first kappa shape index (κ1) is 16.3. The van der Waals surface area contributed by atoms with Crippen LogP contribution in [0.2, 0.25) is 0 Å². The third kappa shape index (κ3) is 3.85. The van der Waals surface area contributed by atoms with Gasteiger partial charge in [0.05, 0.1) is 18.4 Å². The molecule has 1 aliphatic heterocycles. The van der Waals surface area contributed by atoms with Crippen molar-refractivity contribution in [3.63, 3.8) is 0 Å². The van der Waals surface area contributed by atoms with Crippen LogP contribution < -0.4 is 5.32 Å². The number of carbonyl (C=O) groups excluding carboxylic acids is 2. The van der Waals surface area contributed by atoms with E-state index in [9.17, 15) is 19.5 Å². The van der Waals surface area contributed by atoms with Gasteiger partial charge in [0.1, 0.15) is 0 Å². The minimum absolute atomic E-state index is 0.116. The summed E-state index contributed by atoms with van der Waals surface area (Å²) in [6.07, 6.45) is 1.07. The summed E-state index contributed by atoms with van der Waals surface area (Å²) < 4.78 is 4.75. The predicted molar refractivity (Wildman–Crippen MR) is 71.2 cm³/mol. The molecule has 2 amide bonds. The lowest BCUT2D eigenvalue weighted by Crippen LogP contribution is -2.42. The second-order valence-corrected chi connectivity index (χ2v) is 4.90. The van der Waals surface area contributed by atoms with Gasteiger partial charge in [-0.3, -0.25) is 9.59 Å². The van der Waals surface area contributed by atoms with Crippen molar-refractivity contribution in [2.24, 2.45) is 5.41 Å². The van der Waals surface area contributed by atoms with Crippen molar-refractivity contribution in [1.82, 2.24) is 10.2 Å². The van der Waals surface area contributed by atoms with Gasteiger partial charge in [0.15, 0.2) is 0 Å². The molecule has 20 heavy (non-hydrogen) atoms. The van der Waals surface area contributed by atoms with Crippen LogP contribution in [0, 0.1) is 5.41 Å². The lowest BCUT2D eigenvalue weighted by Gasteiger charge is -2.23. The van der Waals surface area contributed by atoms with E-state index in [2.05, 4.69) is 5.32 Å². The lowest BCUT2D eigenvalue weighted by atomic mass is 9.84. The number of rotatable bonds is 6. The molecular weight excluding hydrogens is 264 g/mol. The second kappa shape index (κ2) is 7.12. The Balaban J connectivity index is 2.39. The van der Waals surface area contributed by atoms with Gasteiger partial charge in [-0.15, -0.1) is 0 Å². The maximum absolute atomic E-state index is 11.9. The Morgan fingerprint density at radius 1 is 1.35 bits per heavy atom.